The fraction of sp³-hybridized carbons (Fsp3) is 0.316. The monoisotopic (exact) mass is 324 g/mol. The highest BCUT2D eigenvalue weighted by Gasteiger charge is 2.39. The second-order valence-electron chi connectivity index (χ2n) is 6.45. The second-order valence-corrected chi connectivity index (χ2v) is 6.45. The van der Waals surface area contributed by atoms with Gasteiger partial charge in [0.2, 0.25) is 0 Å². The highest BCUT2D eigenvalue weighted by Crippen LogP contribution is 2.33. The fourth-order valence-corrected chi connectivity index (χ4v) is 3.43. The van der Waals surface area contributed by atoms with Crippen molar-refractivity contribution in [2.75, 3.05) is 6.54 Å². The minimum atomic E-state index is -1.13. The van der Waals surface area contributed by atoms with Gasteiger partial charge in [0.1, 0.15) is 5.69 Å². The van der Waals surface area contributed by atoms with Crippen molar-refractivity contribution in [2.45, 2.75) is 31.7 Å². The van der Waals surface area contributed by atoms with Crippen LogP contribution in [0.2, 0.25) is 0 Å². The van der Waals surface area contributed by atoms with Crippen LogP contribution in [0.25, 0.3) is 0 Å². The summed E-state index contributed by atoms with van der Waals surface area (Å²) >= 11 is 0. The number of nitrogens with zero attached hydrogens (tertiary/aromatic N) is 2. The number of hydrogen-bond donors (Lipinski definition) is 1. The lowest BCUT2D eigenvalue weighted by Gasteiger charge is -2.35. The van der Waals surface area contributed by atoms with E-state index in [9.17, 15) is 9.59 Å². The van der Waals surface area contributed by atoms with Crippen molar-refractivity contribution in [1.29, 1.82) is 0 Å². The Morgan fingerprint density at radius 3 is 2.71 bits per heavy atom. The first-order valence-corrected chi connectivity index (χ1v) is 8.05. The molecule has 1 fully saturated rings. The average molecular weight is 324 g/mol. The number of carbonyl (C=O) groups excluding carboxylic acids is 1. The van der Waals surface area contributed by atoms with Gasteiger partial charge in [-0.1, -0.05) is 30.3 Å². The van der Waals surface area contributed by atoms with Crippen molar-refractivity contribution >= 4 is 11.9 Å². The molecular formula is C19H20N2O3. The molecule has 2 heterocycles. The van der Waals surface area contributed by atoms with Crippen molar-refractivity contribution in [3.8, 4) is 0 Å². The maximum absolute atomic E-state index is 12.9. The summed E-state index contributed by atoms with van der Waals surface area (Å²) in [6, 6.07) is 13.1. The minimum absolute atomic E-state index is 0.107. The lowest BCUT2D eigenvalue weighted by atomic mass is 9.90. The zero-order valence-corrected chi connectivity index (χ0v) is 13.6. The van der Waals surface area contributed by atoms with E-state index in [2.05, 4.69) is 24.0 Å². The van der Waals surface area contributed by atoms with Gasteiger partial charge in [-0.15, -0.1) is 0 Å². The topological polar surface area (TPSA) is 70.5 Å². The highest BCUT2D eigenvalue weighted by molar-refractivity contribution is 5.97. The van der Waals surface area contributed by atoms with Gasteiger partial charge in [-0.3, -0.25) is 4.79 Å². The molecule has 124 valence electrons. The maximum atomic E-state index is 12.9. The van der Waals surface area contributed by atoms with E-state index in [1.807, 2.05) is 23.1 Å². The van der Waals surface area contributed by atoms with Crippen molar-refractivity contribution in [2.24, 2.45) is 0 Å². The Bertz CT molecular complexity index is 760. The largest absolute Gasteiger partial charge is 0.477 e. The SMILES string of the molecule is CC1(Cc2ccccc2)CCCN1C(=O)c1ccnc(C(=O)O)c1. The van der Waals surface area contributed by atoms with Crippen LogP contribution in [0.3, 0.4) is 0 Å². The molecule has 1 aliphatic heterocycles. The van der Waals surface area contributed by atoms with E-state index >= 15 is 0 Å². The normalized spacial score (nSPS) is 20.1. The molecular weight excluding hydrogens is 304 g/mol. The van der Waals surface area contributed by atoms with Crippen LogP contribution in [0.1, 0.15) is 46.2 Å². The summed E-state index contributed by atoms with van der Waals surface area (Å²) in [6.07, 6.45) is 4.05. The summed E-state index contributed by atoms with van der Waals surface area (Å²) in [4.78, 5) is 29.7. The standard InChI is InChI=1S/C19H20N2O3/c1-19(13-14-6-3-2-4-7-14)9-5-11-21(19)17(22)15-8-10-20-16(12-15)18(23)24/h2-4,6-8,10,12H,5,9,11,13H2,1H3,(H,23,24). The third-order valence-electron chi connectivity index (χ3n) is 4.65. The van der Waals surface area contributed by atoms with Crippen LogP contribution in [0, 0.1) is 0 Å². The van der Waals surface area contributed by atoms with Crippen LogP contribution in [0.15, 0.2) is 48.7 Å². The van der Waals surface area contributed by atoms with E-state index in [1.165, 1.54) is 17.8 Å². The van der Waals surface area contributed by atoms with E-state index in [4.69, 9.17) is 5.11 Å². The molecule has 1 aromatic heterocycles. The molecule has 3 rings (SSSR count). The Morgan fingerprint density at radius 1 is 1.25 bits per heavy atom. The predicted octanol–water partition coefficient (Wildman–Crippen LogP) is 3.02. The zero-order chi connectivity index (χ0) is 17.2. The van der Waals surface area contributed by atoms with Crippen LogP contribution in [-0.4, -0.2) is 39.0 Å². The van der Waals surface area contributed by atoms with Crippen molar-refractivity contribution in [3.63, 3.8) is 0 Å². The van der Waals surface area contributed by atoms with Gasteiger partial charge < -0.3 is 10.0 Å². The highest BCUT2D eigenvalue weighted by atomic mass is 16.4. The minimum Gasteiger partial charge on any atom is -0.477 e. The first-order valence-electron chi connectivity index (χ1n) is 8.05. The van der Waals surface area contributed by atoms with Crippen LogP contribution in [0.5, 0.6) is 0 Å². The van der Waals surface area contributed by atoms with Gasteiger partial charge in [-0.25, -0.2) is 9.78 Å². The van der Waals surface area contributed by atoms with E-state index in [0.717, 1.165) is 19.3 Å². The van der Waals surface area contributed by atoms with Crippen molar-refractivity contribution in [3.05, 3.63) is 65.5 Å². The Labute approximate surface area is 140 Å². The second kappa shape index (κ2) is 6.43. The van der Waals surface area contributed by atoms with E-state index in [1.54, 1.807) is 6.07 Å². The molecule has 1 unspecified atom stereocenters. The predicted molar refractivity (Wildman–Crippen MR) is 90.0 cm³/mol. The van der Waals surface area contributed by atoms with Gasteiger partial charge in [0.05, 0.1) is 0 Å². The zero-order valence-electron chi connectivity index (χ0n) is 13.6. The molecule has 1 N–H and O–H groups in total. The molecule has 0 radical (unpaired) electrons. The molecule has 0 bridgehead atoms. The van der Waals surface area contributed by atoms with Gasteiger partial charge in [0.25, 0.3) is 5.91 Å². The Balaban J connectivity index is 1.85. The Hall–Kier alpha value is -2.69. The number of benzene rings is 1. The van der Waals surface area contributed by atoms with Crippen molar-refractivity contribution in [1.82, 2.24) is 9.88 Å². The lowest BCUT2D eigenvalue weighted by Crippen LogP contribution is -2.46. The number of carboxylic acid groups (broad SMARTS) is 1. The summed E-state index contributed by atoms with van der Waals surface area (Å²) in [7, 11) is 0. The Morgan fingerprint density at radius 2 is 2.00 bits per heavy atom. The van der Waals surface area contributed by atoms with E-state index in [-0.39, 0.29) is 17.1 Å². The third-order valence-corrected chi connectivity index (χ3v) is 4.65. The van der Waals surface area contributed by atoms with E-state index in [0.29, 0.717) is 12.1 Å². The van der Waals surface area contributed by atoms with Crippen LogP contribution < -0.4 is 0 Å². The number of carbonyl (C=O) groups is 2. The van der Waals surface area contributed by atoms with Crippen LogP contribution in [0.4, 0.5) is 0 Å². The number of aromatic nitrogens is 1. The molecule has 0 saturated carbocycles. The molecule has 1 atom stereocenters. The number of aromatic carboxylic acids is 1. The van der Waals surface area contributed by atoms with Gasteiger partial charge in [0, 0.05) is 23.8 Å². The van der Waals surface area contributed by atoms with Crippen LogP contribution in [-0.2, 0) is 6.42 Å². The number of rotatable bonds is 4. The molecule has 0 aliphatic carbocycles. The average Bonchev–Trinajstić information content (AvgIpc) is 2.96. The maximum Gasteiger partial charge on any atom is 0.354 e. The fourth-order valence-electron chi connectivity index (χ4n) is 3.43. The molecule has 24 heavy (non-hydrogen) atoms. The summed E-state index contributed by atoms with van der Waals surface area (Å²) in [5.74, 6) is -1.26. The van der Waals surface area contributed by atoms with E-state index < -0.39 is 5.97 Å². The molecule has 5 nitrogen and oxygen atoms in total. The number of pyridine rings is 1. The number of carboxylic acids is 1. The first-order chi connectivity index (χ1) is 11.5. The van der Waals surface area contributed by atoms with Gasteiger partial charge in [-0.05, 0) is 43.9 Å². The third kappa shape index (κ3) is 3.15. The molecule has 1 aromatic carbocycles. The number of hydrogen-bond acceptors (Lipinski definition) is 3. The van der Waals surface area contributed by atoms with Crippen molar-refractivity contribution < 1.29 is 14.7 Å². The van der Waals surface area contributed by atoms with Gasteiger partial charge in [-0.2, -0.15) is 0 Å². The van der Waals surface area contributed by atoms with Gasteiger partial charge >= 0.3 is 5.97 Å². The van der Waals surface area contributed by atoms with Crippen LogP contribution >= 0.6 is 0 Å². The van der Waals surface area contributed by atoms with Gasteiger partial charge in [0.15, 0.2) is 0 Å². The summed E-state index contributed by atoms with van der Waals surface area (Å²) in [5.41, 5.74) is 1.21. The lowest BCUT2D eigenvalue weighted by molar-refractivity contribution is 0.0624. The summed E-state index contributed by atoms with van der Waals surface area (Å²) in [6.45, 7) is 2.79. The number of likely N-dealkylation sites (tertiary alicyclic amines) is 1. The summed E-state index contributed by atoms with van der Waals surface area (Å²) in [5, 5.41) is 9.07. The smallest absolute Gasteiger partial charge is 0.354 e. The number of amides is 1. The molecule has 2 aromatic rings. The summed E-state index contributed by atoms with van der Waals surface area (Å²) < 4.78 is 0. The molecule has 1 amide bonds. The molecule has 0 spiro atoms. The molecule has 1 saturated heterocycles. The molecule has 5 heteroatoms. The first kappa shape index (κ1) is 16.2. The quantitative estimate of drug-likeness (QED) is 0.938. The molecule has 1 aliphatic rings. The Kier molecular flexibility index (Phi) is 4.34.